The molecule has 0 spiro atoms. The SMILES string of the molecule is CC/C=C\C/C=C\C/C=C\C/C=C\C/C=C\C/C=C\C/C=C\C/C=C\C/C=C\C/C=C\CCCCCCCCCCC(=O)NC(CO)C(O)/C=C/CC/C=C/CCCCCCCCCCCCCCCCCCCCCCCCCCCC. The Kier molecular flexibility index (Phi) is 69.3. The van der Waals surface area contributed by atoms with Gasteiger partial charge in [0, 0.05) is 6.42 Å². The van der Waals surface area contributed by atoms with Gasteiger partial charge in [-0.15, -0.1) is 0 Å². The fourth-order valence-electron chi connectivity index (χ4n) is 10.2. The Labute approximate surface area is 516 Å². The lowest BCUT2D eigenvalue weighted by Gasteiger charge is -2.19. The van der Waals surface area contributed by atoms with E-state index < -0.39 is 12.1 Å². The molecule has 3 N–H and O–H groups in total. The normalized spacial score (nSPS) is 13.6. The molecule has 0 aromatic rings. The van der Waals surface area contributed by atoms with Crippen LogP contribution < -0.4 is 5.32 Å². The highest BCUT2D eigenvalue weighted by Gasteiger charge is 2.18. The predicted octanol–water partition coefficient (Wildman–Crippen LogP) is 24.7. The van der Waals surface area contributed by atoms with Crippen LogP contribution in [0.3, 0.4) is 0 Å². The Balaban J connectivity index is 3.59. The molecular formula is C79H135NO3. The highest BCUT2D eigenvalue weighted by molar-refractivity contribution is 5.76. The maximum Gasteiger partial charge on any atom is 0.220 e. The van der Waals surface area contributed by atoms with Gasteiger partial charge in [0.2, 0.25) is 5.91 Å². The number of carbonyl (C=O) groups excluding carboxylic acids is 1. The van der Waals surface area contributed by atoms with E-state index in [0.29, 0.717) is 6.42 Å². The maximum atomic E-state index is 12.5. The Morgan fingerprint density at radius 2 is 0.542 bits per heavy atom. The van der Waals surface area contributed by atoms with Crippen molar-refractivity contribution in [2.24, 2.45) is 0 Å². The molecule has 0 aliphatic rings. The second kappa shape index (κ2) is 72.5. The molecule has 4 nitrogen and oxygen atoms in total. The number of nitrogens with one attached hydrogen (secondary N) is 1. The molecule has 1 amide bonds. The van der Waals surface area contributed by atoms with Gasteiger partial charge in [-0.3, -0.25) is 4.79 Å². The molecule has 0 heterocycles. The molecule has 0 rings (SSSR count). The number of amides is 1. The van der Waals surface area contributed by atoms with Crippen LogP contribution in [0.2, 0.25) is 0 Å². The van der Waals surface area contributed by atoms with Crippen molar-refractivity contribution in [3.63, 3.8) is 0 Å². The summed E-state index contributed by atoms with van der Waals surface area (Å²) in [6, 6.07) is -0.656. The van der Waals surface area contributed by atoms with Gasteiger partial charge in [0.25, 0.3) is 0 Å². The number of hydrogen-bond acceptors (Lipinski definition) is 3. The average molecular weight is 1150 g/mol. The maximum absolute atomic E-state index is 12.5. The lowest BCUT2D eigenvalue weighted by atomic mass is 10.0. The third-order valence-electron chi connectivity index (χ3n) is 15.6. The monoisotopic (exact) mass is 1150 g/mol. The van der Waals surface area contributed by atoms with Crippen molar-refractivity contribution in [3.05, 3.63) is 146 Å². The van der Waals surface area contributed by atoms with E-state index in [2.05, 4.69) is 153 Å². The van der Waals surface area contributed by atoms with E-state index >= 15 is 0 Å². The number of carbonyl (C=O) groups is 1. The second-order valence-electron chi connectivity index (χ2n) is 23.6. The molecule has 0 fully saturated rings. The van der Waals surface area contributed by atoms with Crippen LogP contribution in [0, 0.1) is 0 Å². The summed E-state index contributed by atoms with van der Waals surface area (Å²) in [5, 5.41) is 23.3. The van der Waals surface area contributed by atoms with Crippen molar-refractivity contribution in [2.75, 3.05) is 6.61 Å². The highest BCUT2D eigenvalue weighted by Crippen LogP contribution is 2.17. The van der Waals surface area contributed by atoms with Crippen LogP contribution in [0.15, 0.2) is 146 Å². The molecular weight excluding hydrogens is 1010 g/mol. The van der Waals surface area contributed by atoms with Crippen LogP contribution in [-0.4, -0.2) is 34.9 Å². The van der Waals surface area contributed by atoms with Gasteiger partial charge in [0.15, 0.2) is 0 Å². The Morgan fingerprint density at radius 3 is 0.843 bits per heavy atom. The quantitative estimate of drug-likeness (QED) is 0.0420. The zero-order valence-electron chi connectivity index (χ0n) is 54.7. The van der Waals surface area contributed by atoms with Gasteiger partial charge < -0.3 is 15.5 Å². The molecule has 0 aliphatic carbocycles. The number of hydrogen-bond donors (Lipinski definition) is 3. The minimum Gasteiger partial charge on any atom is -0.394 e. The van der Waals surface area contributed by atoms with Gasteiger partial charge in [-0.05, 0) is 109 Å². The van der Waals surface area contributed by atoms with Crippen LogP contribution in [0.4, 0.5) is 0 Å². The summed E-state index contributed by atoms with van der Waals surface area (Å²) in [6.45, 7) is 4.20. The van der Waals surface area contributed by atoms with Gasteiger partial charge in [-0.2, -0.15) is 0 Å². The third kappa shape index (κ3) is 68.9. The zero-order valence-corrected chi connectivity index (χ0v) is 54.7. The molecule has 2 atom stereocenters. The minimum atomic E-state index is -0.878. The topological polar surface area (TPSA) is 69.6 Å². The van der Waals surface area contributed by atoms with Crippen molar-refractivity contribution in [2.45, 2.75) is 341 Å². The van der Waals surface area contributed by atoms with Crippen molar-refractivity contribution < 1.29 is 15.0 Å². The molecule has 0 aromatic carbocycles. The van der Waals surface area contributed by atoms with Gasteiger partial charge in [0.05, 0.1) is 18.8 Å². The van der Waals surface area contributed by atoms with E-state index in [1.807, 2.05) is 6.08 Å². The molecule has 0 saturated heterocycles. The molecule has 0 saturated carbocycles. The van der Waals surface area contributed by atoms with Crippen LogP contribution in [-0.2, 0) is 4.79 Å². The highest BCUT2D eigenvalue weighted by atomic mass is 16.3. The predicted molar refractivity (Wildman–Crippen MR) is 372 cm³/mol. The molecule has 0 radical (unpaired) electrons. The van der Waals surface area contributed by atoms with Gasteiger partial charge in [-0.25, -0.2) is 0 Å². The standard InChI is InChI=1S/C79H135NO3/c1-3-5-7-9-11-13-15-17-19-21-23-25-27-29-31-33-35-37-38-39-40-41-42-43-45-47-49-51-53-55-57-59-61-63-65-67-69-71-73-75-79(83)80-77(76-81)78(82)74-72-70-68-66-64-62-60-58-56-54-52-50-48-46-44-36-34-32-30-28-26-24-22-20-18-16-14-12-10-8-6-4-2/h5,7,11,13,17,19,23,25,29,31,35,37,39-40,42-43,47,49,53,55,64,66,72,74,77-78,81-82H,3-4,6,8-10,12,14-16,18,20-22,24,26-28,30,32-34,36,38,41,44-46,48,50-52,54,56-63,65,67-71,73,75-76H2,1-2H3,(H,80,83)/b7-5-,13-11-,19-17-,25-23-,31-29-,37-35-,40-39-,43-42-,49-47-,55-53-,66-64+,74-72+. The first-order valence-corrected chi connectivity index (χ1v) is 35.5. The van der Waals surface area contributed by atoms with Crippen molar-refractivity contribution in [3.8, 4) is 0 Å². The van der Waals surface area contributed by atoms with E-state index in [1.54, 1.807) is 6.08 Å². The van der Waals surface area contributed by atoms with Crippen LogP contribution in [0.1, 0.15) is 328 Å². The lowest BCUT2D eigenvalue weighted by molar-refractivity contribution is -0.123. The molecule has 0 aromatic heterocycles. The number of unbranched alkanes of at least 4 members (excludes halogenated alkanes) is 35. The second-order valence-corrected chi connectivity index (χ2v) is 23.6. The Bertz CT molecular complexity index is 1680. The molecule has 0 aliphatic heterocycles. The third-order valence-corrected chi connectivity index (χ3v) is 15.6. The first-order chi connectivity index (χ1) is 41.2. The summed E-state index contributed by atoms with van der Waals surface area (Å²) >= 11 is 0. The number of aliphatic hydroxyl groups excluding tert-OH is 2. The fourth-order valence-corrected chi connectivity index (χ4v) is 10.2. The summed E-state index contributed by atoms with van der Waals surface area (Å²) in [7, 11) is 0. The fraction of sp³-hybridized carbons (Fsp3) is 0.684. The van der Waals surface area contributed by atoms with E-state index in [-0.39, 0.29) is 12.5 Å². The van der Waals surface area contributed by atoms with Crippen LogP contribution >= 0.6 is 0 Å². The molecule has 474 valence electrons. The van der Waals surface area contributed by atoms with Gasteiger partial charge in [-0.1, -0.05) is 359 Å². The van der Waals surface area contributed by atoms with E-state index in [4.69, 9.17) is 0 Å². The summed E-state index contributed by atoms with van der Waals surface area (Å²) < 4.78 is 0. The van der Waals surface area contributed by atoms with Crippen molar-refractivity contribution >= 4 is 5.91 Å². The molecule has 83 heavy (non-hydrogen) atoms. The molecule has 4 heteroatoms. The lowest BCUT2D eigenvalue weighted by Crippen LogP contribution is -2.45. The van der Waals surface area contributed by atoms with E-state index in [1.165, 1.54) is 199 Å². The zero-order chi connectivity index (χ0) is 59.8. The van der Waals surface area contributed by atoms with Crippen molar-refractivity contribution in [1.82, 2.24) is 5.32 Å². The minimum absolute atomic E-state index is 0.0850. The average Bonchev–Trinajstić information content (AvgIpc) is 3.51. The Hall–Kier alpha value is -3.73. The Morgan fingerprint density at radius 1 is 0.301 bits per heavy atom. The largest absolute Gasteiger partial charge is 0.394 e. The molecule has 0 bridgehead atoms. The first kappa shape index (κ1) is 79.3. The first-order valence-electron chi connectivity index (χ1n) is 35.5. The number of aliphatic hydroxyl groups is 2. The number of allylic oxidation sites excluding steroid dienone is 23. The van der Waals surface area contributed by atoms with E-state index in [0.717, 1.165) is 109 Å². The van der Waals surface area contributed by atoms with E-state index in [9.17, 15) is 15.0 Å². The van der Waals surface area contributed by atoms with Gasteiger partial charge in [0.1, 0.15) is 0 Å². The van der Waals surface area contributed by atoms with Gasteiger partial charge >= 0.3 is 0 Å². The summed E-state index contributed by atoms with van der Waals surface area (Å²) in [4.78, 5) is 12.5. The molecule has 2 unspecified atom stereocenters. The van der Waals surface area contributed by atoms with Crippen molar-refractivity contribution in [1.29, 1.82) is 0 Å². The number of rotatable bonds is 64. The smallest absolute Gasteiger partial charge is 0.220 e. The summed E-state index contributed by atoms with van der Waals surface area (Å²) in [5.74, 6) is -0.0850. The summed E-state index contributed by atoms with van der Waals surface area (Å²) in [5.41, 5.74) is 0. The van der Waals surface area contributed by atoms with Crippen LogP contribution in [0.5, 0.6) is 0 Å². The summed E-state index contributed by atoms with van der Waals surface area (Å²) in [6.07, 6.45) is 114. The van der Waals surface area contributed by atoms with Crippen LogP contribution in [0.25, 0.3) is 0 Å².